The molecule has 0 aliphatic carbocycles. The zero-order valence-electron chi connectivity index (χ0n) is 15.7. The molecule has 1 aliphatic rings. The summed E-state index contributed by atoms with van der Waals surface area (Å²) in [5, 5.41) is 9.27. The van der Waals surface area contributed by atoms with Gasteiger partial charge in [-0.2, -0.15) is 0 Å². The molecule has 2 rings (SSSR count). The van der Waals surface area contributed by atoms with E-state index in [4.69, 9.17) is 0 Å². The number of nitrogens with one attached hydrogen (secondary N) is 2. The third-order valence-electron chi connectivity index (χ3n) is 4.52. The van der Waals surface area contributed by atoms with Crippen LogP contribution in [0, 0.1) is 11.8 Å². The fraction of sp³-hybridized carbons (Fsp3) is 0.737. The smallest absolute Gasteiger partial charge is 0.191 e. The minimum atomic E-state index is 0.548. The standard InChI is InChI=1S/C19H34N4S/c1-15(2)14-23-9-7-17(8-10-23)22-19(20-4)21-13-16(3)12-18-6-5-11-24-18/h5-6,11,15-17H,7-10,12-14H2,1-4H3,(H2,20,21,22). The van der Waals surface area contributed by atoms with Gasteiger partial charge in [0.05, 0.1) is 0 Å². The van der Waals surface area contributed by atoms with Crippen molar-refractivity contribution in [2.45, 2.75) is 46.1 Å². The number of likely N-dealkylation sites (tertiary alicyclic amines) is 1. The quantitative estimate of drug-likeness (QED) is 0.586. The molecule has 2 heterocycles. The lowest BCUT2D eigenvalue weighted by Gasteiger charge is -2.34. The third kappa shape index (κ3) is 6.81. The summed E-state index contributed by atoms with van der Waals surface area (Å²) in [4.78, 5) is 8.45. The molecule has 0 amide bonds. The topological polar surface area (TPSA) is 39.7 Å². The number of thiophene rings is 1. The van der Waals surface area contributed by atoms with E-state index in [1.54, 1.807) is 0 Å². The van der Waals surface area contributed by atoms with Crippen molar-refractivity contribution in [3.8, 4) is 0 Å². The van der Waals surface area contributed by atoms with Gasteiger partial charge in [-0.05, 0) is 42.5 Å². The van der Waals surface area contributed by atoms with Gasteiger partial charge >= 0.3 is 0 Å². The van der Waals surface area contributed by atoms with Gasteiger partial charge in [0.25, 0.3) is 0 Å². The molecule has 24 heavy (non-hydrogen) atoms. The predicted octanol–water partition coefficient (Wildman–Crippen LogP) is 3.21. The number of nitrogens with zero attached hydrogens (tertiary/aromatic N) is 2. The summed E-state index contributed by atoms with van der Waals surface area (Å²) >= 11 is 1.85. The summed E-state index contributed by atoms with van der Waals surface area (Å²) in [5.41, 5.74) is 0. The van der Waals surface area contributed by atoms with E-state index in [1.807, 2.05) is 18.4 Å². The van der Waals surface area contributed by atoms with Crippen LogP contribution in [0.5, 0.6) is 0 Å². The SMILES string of the molecule is CN=C(NCC(C)Cc1cccs1)NC1CCN(CC(C)C)CC1. The monoisotopic (exact) mass is 350 g/mol. The third-order valence-corrected chi connectivity index (χ3v) is 5.42. The minimum absolute atomic E-state index is 0.548. The summed E-state index contributed by atoms with van der Waals surface area (Å²) in [5.74, 6) is 2.32. The molecule has 1 aliphatic heterocycles. The molecule has 136 valence electrons. The lowest BCUT2D eigenvalue weighted by Crippen LogP contribution is -2.49. The maximum atomic E-state index is 4.40. The van der Waals surface area contributed by atoms with Gasteiger partial charge < -0.3 is 15.5 Å². The molecule has 5 heteroatoms. The predicted molar refractivity (Wildman–Crippen MR) is 106 cm³/mol. The Balaban J connectivity index is 1.67. The Labute approximate surface area is 151 Å². The fourth-order valence-corrected chi connectivity index (χ4v) is 4.15. The van der Waals surface area contributed by atoms with Gasteiger partial charge in [0.15, 0.2) is 5.96 Å². The number of aliphatic imine (C=N–C) groups is 1. The Morgan fingerprint density at radius 3 is 2.67 bits per heavy atom. The van der Waals surface area contributed by atoms with E-state index in [-0.39, 0.29) is 0 Å². The van der Waals surface area contributed by atoms with Crippen molar-refractivity contribution in [1.82, 2.24) is 15.5 Å². The maximum Gasteiger partial charge on any atom is 0.191 e. The normalized spacial score (nSPS) is 18.8. The van der Waals surface area contributed by atoms with Crippen LogP contribution in [0.15, 0.2) is 22.5 Å². The van der Waals surface area contributed by atoms with Gasteiger partial charge in [-0.3, -0.25) is 4.99 Å². The van der Waals surface area contributed by atoms with Crippen molar-refractivity contribution < 1.29 is 0 Å². The number of guanidine groups is 1. The lowest BCUT2D eigenvalue weighted by molar-refractivity contribution is 0.187. The Morgan fingerprint density at radius 1 is 1.33 bits per heavy atom. The van der Waals surface area contributed by atoms with Gasteiger partial charge in [-0.1, -0.05) is 26.8 Å². The Kier molecular flexibility index (Phi) is 8.06. The minimum Gasteiger partial charge on any atom is -0.356 e. The van der Waals surface area contributed by atoms with Crippen molar-refractivity contribution >= 4 is 17.3 Å². The lowest BCUT2D eigenvalue weighted by atomic mass is 10.0. The molecular formula is C19H34N4S. The summed E-state index contributed by atoms with van der Waals surface area (Å²) in [7, 11) is 1.87. The number of hydrogen-bond acceptors (Lipinski definition) is 3. The first-order valence-electron chi connectivity index (χ1n) is 9.28. The van der Waals surface area contributed by atoms with Gasteiger partial charge in [0, 0.05) is 44.1 Å². The van der Waals surface area contributed by atoms with Crippen LogP contribution in [0.3, 0.4) is 0 Å². The van der Waals surface area contributed by atoms with Crippen molar-refractivity contribution in [2.24, 2.45) is 16.8 Å². The highest BCUT2D eigenvalue weighted by Gasteiger charge is 2.20. The fourth-order valence-electron chi connectivity index (χ4n) is 3.28. The van der Waals surface area contributed by atoms with Crippen LogP contribution in [0.2, 0.25) is 0 Å². The Bertz CT molecular complexity index is 476. The molecule has 1 fully saturated rings. The van der Waals surface area contributed by atoms with E-state index in [9.17, 15) is 0 Å². The second-order valence-electron chi connectivity index (χ2n) is 7.45. The largest absolute Gasteiger partial charge is 0.356 e. The first-order chi connectivity index (χ1) is 11.6. The van der Waals surface area contributed by atoms with Crippen LogP contribution in [0.1, 0.15) is 38.5 Å². The molecule has 0 saturated carbocycles. The van der Waals surface area contributed by atoms with Crippen LogP contribution in [0.25, 0.3) is 0 Å². The van der Waals surface area contributed by atoms with E-state index < -0.39 is 0 Å². The van der Waals surface area contributed by atoms with Gasteiger partial charge in [0.2, 0.25) is 0 Å². The molecule has 1 saturated heterocycles. The second kappa shape index (κ2) is 10.0. The number of piperidine rings is 1. The van der Waals surface area contributed by atoms with Gasteiger partial charge in [-0.15, -0.1) is 11.3 Å². The van der Waals surface area contributed by atoms with Crippen LogP contribution < -0.4 is 10.6 Å². The van der Waals surface area contributed by atoms with Crippen LogP contribution >= 0.6 is 11.3 Å². The molecule has 0 spiro atoms. The highest BCUT2D eigenvalue weighted by Crippen LogP contribution is 2.14. The highest BCUT2D eigenvalue weighted by atomic mass is 32.1. The van der Waals surface area contributed by atoms with Crippen LogP contribution in [-0.2, 0) is 6.42 Å². The van der Waals surface area contributed by atoms with E-state index in [0.717, 1.165) is 24.8 Å². The average Bonchev–Trinajstić information content (AvgIpc) is 3.05. The highest BCUT2D eigenvalue weighted by molar-refractivity contribution is 7.09. The first kappa shape index (κ1) is 19.3. The molecule has 1 unspecified atom stereocenters. The number of rotatable bonds is 7. The maximum absolute atomic E-state index is 4.40. The Hall–Kier alpha value is -1.07. The summed E-state index contributed by atoms with van der Waals surface area (Å²) < 4.78 is 0. The zero-order valence-corrected chi connectivity index (χ0v) is 16.5. The molecule has 2 N–H and O–H groups in total. The van der Waals surface area contributed by atoms with Gasteiger partial charge in [0.1, 0.15) is 0 Å². The first-order valence-corrected chi connectivity index (χ1v) is 10.2. The molecule has 0 radical (unpaired) electrons. The summed E-state index contributed by atoms with van der Waals surface area (Å²) in [6.07, 6.45) is 3.55. The van der Waals surface area contributed by atoms with E-state index in [0.29, 0.717) is 12.0 Å². The van der Waals surface area contributed by atoms with Crippen molar-refractivity contribution in [3.05, 3.63) is 22.4 Å². The van der Waals surface area contributed by atoms with Crippen molar-refractivity contribution in [2.75, 3.05) is 33.2 Å². The zero-order chi connectivity index (χ0) is 17.4. The Morgan fingerprint density at radius 2 is 2.08 bits per heavy atom. The van der Waals surface area contributed by atoms with E-state index >= 15 is 0 Å². The van der Waals surface area contributed by atoms with Crippen molar-refractivity contribution in [1.29, 1.82) is 0 Å². The van der Waals surface area contributed by atoms with E-state index in [2.05, 4.69) is 58.8 Å². The molecule has 0 bridgehead atoms. The van der Waals surface area contributed by atoms with Crippen LogP contribution in [-0.4, -0.2) is 50.1 Å². The average molecular weight is 351 g/mol. The van der Waals surface area contributed by atoms with Gasteiger partial charge in [-0.25, -0.2) is 0 Å². The van der Waals surface area contributed by atoms with Crippen LogP contribution in [0.4, 0.5) is 0 Å². The second-order valence-corrected chi connectivity index (χ2v) is 8.49. The summed E-state index contributed by atoms with van der Waals surface area (Å²) in [6, 6.07) is 4.90. The molecule has 0 aromatic carbocycles. The molecule has 1 aromatic rings. The molecule has 1 atom stereocenters. The van der Waals surface area contributed by atoms with E-state index in [1.165, 1.54) is 37.4 Å². The molecule has 4 nitrogen and oxygen atoms in total. The molecule has 1 aromatic heterocycles. The summed E-state index contributed by atoms with van der Waals surface area (Å²) in [6.45, 7) is 11.5. The molecular weight excluding hydrogens is 316 g/mol. The van der Waals surface area contributed by atoms with Crippen molar-refractivity contribution in [3.63, 3.8) is 0 Å². The number of hydrogen-bond donors (Lipinski definition) is 2.